The van der Waals surface area contributed by atoms with Gasteiger partial charge < -0.3 is 10.1 Å². The third-order valence-electron chi connectivity index (χ3n) is 6.60. The van der Waals surface area contributed by atoms with Gasteiger partial charge in [0.1, 0.15) is 18.2 Å². The zero-order chi connectivity index (χ0) is 24.0. The molecule has 3 aromatic rings. The highest BCUT2D eigenvalue weighted by Crippen LogP contribution is 2.51. The number of amides is 1. The maximum Gasteiger partial charge on any atom is 0.256 e. The van der Waals surface area contributed by atoms with Gasteiger partial charge in [0.25, 0.3) is 11.9 Å². The highest BCUT2D eigenvalue weighted by molar-refractivity contribution is 9.10. The Balaban J connectivity index is 1.57. The minimum Gasteiger partial charge on any atom is -0.489 e. The van der Waals surface area contributed by atoms with Gasteiger partial charge in [-0.2, -0.15) is 0 Å². The van der Waals surface area contributed by atoms with E-state index in [-0.39, 0.29) is 17.3 Å². The van der Waals surface area contributed by atoms with Crippen LogP contribution in [-0.2, 0) is 16.9 Å². The van der Waals surface area contributed by atoms with Crippen molar-refractivity contribution in [3.05, 3.63) is 104 Å². The number of anilines is 1. The largest absolute Gasteiger partial charge is 0.489 e. The number of para-hydroxylation sites is 1. The number of halogens is 2. The summed E-state index contributed by atoms with van der Waals surface area (Å²) in [5.74, 6) is -0.962. The van der Waals surface area contributed by atoms with Crippen LogP contribution in [0.4, 0.5) is 10.1 Å². The summed E-state index contributed by atoms with van der Waals surface area (Å²) < 4.78 is 20.1. The maximum absolute atomic E-state index is 13.3. The second-order valence-corrected chi connectivity index (χ2v) is 9.51. The monoisotopic (exact) mass is 525 g/mol. The summed E-state index contributed by atoms with van der Waals surface area (Å²) in [4.78, 5) is 25.4. The molecule has 0 bridgehead atoms. The summed E-state index contributed by atoms with van der Waals surface area (Å²) in [6.07, 6.45) is 0. The van der Waals surface area contributed by atoms with E-state index in [0.717, 1.165) is 10.0 Å². The van der Waals surface area contributed by atoms with Crippen LogP contribution in [-0.4, -0.2) is 22.9 Å². The Morgan fingerprint density at radius 1 is 1.15 bits per heavy atom. The van der Waals surface area contributed by atoms with Gasteiger partial charge in [-0.25, -0.2) is 4.39 Å². The van der Waals surface area contributed by atoms with Crippen molar-refractivity contribution in [1.82, 2.24) is 5.32 Å². The molecule has 1 saturated heterocycles. The standard InChI is InChI=1S/C25H21BrFN3O4/c1-14-22(18-12-16(26)8-11-21(18)34-13-15-6-9-17(27)10-7-15)23(30(32)33)25(29-14)19-4-2-3-5-20(19)28-24(25)31/h2-12,14,22-23,29H,13H2,1H3,(H,28,31)/t14-,22-,23-,25-/m0/s1. The molecule has 34 heavy (non-hydrogen) atoms. The van der Waals surface area contributed by atoms with Gasteiger partial charge in [0.2, 0.25) is 0 Å². The summed E-state index contributed by atoms with van der Waals surface area (Å²) in [6.45, 7) is 2.01. The van der Waals surface area contributed by atoms with E-state index >= 15 is 0 Å². The van der Waals surface area contributed by atoms with E-state index < -0.39 is 29.4 Å². The minimum atomic E-state index is -1.50. The lowest BCUT2D eigenvalue weighted by atomic mass is 9.78. The number of carbonyl (C=O) groups excluding carboxylic acids is 1. The normalized spacial score (nSPS) is 25.3. The molecular weight excluding hydrogens is 505 g/mol. The molecular formula is C25H21BrFN3O4. The first-order valence-electron chi connectivity index (χ1n) is 10.8. The number of nitrogens with one attached hydrogen (secondary N) is 2. The van der Waals surface area contributed by atoms with Crippen molar-refractivity contribution in [2.45, 2.75) is 37.1 Å². The molecule has 0 aromatic heterocycles. The second kappa shape index (κ2) is 8.48. The number of rotatable bonds is 5. The molecule has 0 radical (unpaired) electrons. The summed E-state index contributed by atoms with van der Waals surface area (Å²) in [5, 5.41) is 18.6. The summed E-state index contributed by atoms with van der Waals surface area (Å²) >= 11 is 3.47. The average Bonchev–Trinajstić information content (AvgIpc) is 3.27. The van der Waals surface area contributed by atoms with Gasteiger partial charge in [-0.15, -0.1) is 0 Å². The van der Waals surface area contributed by atoms with E-state index in [2.05, 4.69) is 26.6 Å². The average molecular weight is 526 g/mol. The number of nitrogens with zero attached hydrogens (tertiary/aromatic N) is 1. The first-order valence-corrected chi connectivity index (χ1v) is 11.6. The van der Waals surface area contributed by atoms with Crippen LogP contribution < -0.4 is 15.4 Å². The molecule has 174 valence electrons. The fourth-order valence-electron chi connectivity index (χ4n) is 5.17. The summed E-state index contributed by atoms with van der Waals surface area (Å²) in [7, 11) is 0. The number of carbonyl (C=O) groups is 1. The molecule has 1 amide bonds. The zero-order valence-electron chi connectivity index (χ0n) is 18.1. The predicted molar refractivity (Wildman–Crippen MR) is 128 cm³/mol. The van der Waals surface area contributed by atoms with E-state index in [9.17, 15) is 19.3 Å². The lowest BCUT2D eigenvalue weighted by Gasteiger charge is -2.26. The quantitative estimate of drug-likeness (QED) is 0.370. The number of fused-ring (bicyclic) bond motifs is 2. The Bertz CT molecular complexity index is 1290. The fourth-order valence-corrected chi connectivity index (χ4v) is 5.55. The molecule has 4 atom stereocenters. The Labute approximate surface area is 203 Å². The van der Waals surface area contributed by atoms with Gasteiger partial charge in [-0.3, -0.25) is 20.2 Å². The molecule has 1 fully saturated rings. The van der Waals surface area contributed by atoms with Crippen LogP contribution in [0, 0.1) is 15.9 Å². The Morgan fingerprint density at radius 3 is 2.62 bits per heavy atom. The third kappa shape index (κ3) is 3.56. The number of hydrogen-bond donors (Lipinski definition) is 2. The Morgan fingerprint density at radius 2 is 1.88 bits per heavy atom. The van der Waals surface area contributed by atoms with Crippen LogP contribution in [0.3, 0.4) is 0 Å². The van der Waals surface area contributed by atoms with Crippen LogP contribution >= 0.6 is 15.9 Å². The molecule has 3 aromatic carbocycles. The van der Waals surface area contributed by atoms with Crippen LogP contribution in [0.5, 0.6) is 5.75 Å². The lowest BCUT2D eigenvalue weighted by molar-refractivity contribution is -0.532. The van der Waals surface area contributed by atoms with E-state index in [1.165, 1.54) is 12.1 Å². The van der Waals surface area contributed by atoms with Crippen LogP contribution in [0.2, 0.25) is 0 Å². The second-order valence-electron chi connectivity index (χ2n) is 8.59. The van der Waals surface area contributed by atoms with Crippen LogP contribution in [0.25, 0.3) is 0 Å². The first kappa shape index (κ1) is 22.5. The van der Waals surface area contributed by atoms with Gasteiger partial charge >= 0.3 is 0 Å². The minimum absolute atomic E-state index is 0.168. The fraction of sp³-hybridized carbons (Fsp3) is 0.240. The lowest BCUT2D eigenvalue weighted by Crippen LogP contribution is -2.54. The molecule has 2 aliphatic rings. The number of ether oxygens (including phenoxy) is 1. The highest BCUT2D eigenvalue weighted by atomic mass is 79.9. The van der Waals surface area contributed by atoms with Crippen molar-refractivity contribution in [3.8, 4) is 5.75 Å². The smallest absolute Gasteiger partial charge is 0.256 e. The molecule has 2 N–H and O–H groups in total. The van der Waals surface area contributed by atoms with E-state index in [4.69, 9.17) is 4.74 Å². The van der Waals surface area contributed by atoms with Crippen molar-refractivity contribution < 1.29 is 18.8 Å². The molecule has 7 nitrogen and oxygen atoms in total. The molecule has 0 saturated carbocycles. The Kier molecular flexibility index (Phi) is 5.61. The molecule has 5 rings (SSSR count). The molecule has 0 unspecified atom stereocenters. The molecule has 2 aliphatic heterocycles. The molecule has 2 heterocycles. The maximum atomic E-state index is 13.3. The first-order chi connectivity index (χ1) is 16.3. The van der Waals surface area contributed by atoms with Crippen molar-refractivity contribution in [2.24, 2.45) is 0 Å². The SMILES string of the molecule is C[C@@H]1N[C@]2(C(=O)Nc3ccccc32)[C@@H]([N+](=O)[O-])[C@@H]1c1cc(Br)ccc1OCc1ccc(F)cc1. The summed E-state index contributed by atoms with van der Waals surface area (Å²) in [6, 6.07) is 16.7. The van der Waals surface area contributed by atoms with Crippen molar-refractivity contribution in [2.75, 3.05) is 5.32 Å². The van der Waals surface area contributed by atoms with Crippen molar-refractivity contribution in [1.29, 1.82) is 0 Å². The molecule has 1 spiro atoms. The number of benzene rings is 3. The summed E-state index contributed by atoms with van der Waals surface area (Å²) in [5.41, 5.74) is 1.02. The van der Waals surface area contributed by atoms with Crippen LogP contribution in [0.1, 0.15) is 29.5 Å². The predicted octanol–water partition coefficient (Wildman–Crippen LogP) is 4.74. The van der Waals surface area contributed by atoms with Gasteiger partial charge in [0.05, 0.1) is 5.92 Å². The van der Waals surface area contributed by atoms with E-state index in [0.29, 0.717) is 22.6 Å². The van der Waals surface area contributed by atoms with Gasteiger partial charge in [0.15, 0.2) is 5.54 Å². The molecule has 0 aliphatic carbocycles. The van der Waals surface area contributed by atoms with E-state index in [1.54, 1.807) is 54.6 Å². The zero-order valence-corrected chi connectivity index (χ0v) is 19.7. The van der Waals surface area contributed by atoms with Gasteiger partial charge in [-0.1, -0.05) is 46.3 Å². The number of hydrogen-bond acceptors (Lipinski definition) is 5. The topological polar surface area (TPSA) is 93.5 Å². The Hall–Kier alpha value is -3.30. The van der Waals surface area contributed by atoms with Gasteiger partial charge in [0, 0.05) is 32.3 Å². The molecule has 9 heteroatoms. The van der Waals surface area contributed by atoms with E-state index in [1.807, 2.05) is 6.92 Å². The van der Waals surface area contributed by atoms with Crippen molar-refractivity contribution >= 4 is 27.5 Å². The van der Waals surface area contributed by atoms with Gasteiger partial charge in [-0.05, 0) is 48.9 Å². The van der Waals surface area contributed by atoms with Crippen molar-refractivity contribution in [3.63, 3.8) is 0 Å². The highest BCUT2D eigenvalue weighted by Gasteiger charge is 2.68. The van der Waals surface area contributed by atoms with Crippen LogP contribution in [0.15, 0.2) is 71.2 Å². The number of nitro groups is 1. The third-order valence-corrected chi connectivity index (χ3v) is 7.10.